The lowest BCUT2D eigenvalue weighted by atomic mass is 10.2. The van der Waals surface area contributed by atoms with Gasteiger partial charge in [-0.3, -0.25) is 9.82 Å². The van der Waals surface area contributed by atoms with Gasteiger partial charge in [-0.1, -0.05) is 23.2 Å². The minimum Gasteiger partial charge on any atom is -0.478 e. The van der Waals surface area contributed by atoms with Gasteiger partial charge in [-0.15, -0.1) is 0 Å². The van der Waals surface area contributed by atoms with Gasteiger partial charge in [0, 0.05) is 0 Å². The summed E-state index contributed by atoms with van der Waals surface area (Å²) in [7, 11) is -4.05. The first-order valence-corrected chi connectivity index (χ1v) is 7.72. The van der Waals surface area contributed by atoms with Crippen molar-refractivity contribution in [3.05, 3.63) is 39.6 Å². The Morgan fingerprint density at radius 3 is 2.48 bits per heavy atom. The van der Waals surface area contributed by atoms with Crippen LogP contribution in [0.4, 0.5) is 5.69 Å². The molecule has 10 heteroatoms. The highest BCUT2D eigenvalue weighted by molar-refractivity contribution is 7.92. The van der Waals surface area contributed by atoms with Crippen molar-refractivity contribution in [2.45, 2.75) is 11.8 Å². The summed E-state index contributed by atoms with van der Waals surface area (Å²) < 4.78 is 26.6. The molecule has 1 heterocycles. The van der Waals surface area contributed by atoms with Crippen molar-refractivity contribution in [2.24, 2.45) is 0 Å². The van der Waals surface area contributed by atoms with Crippen molar-refractivity contribution < 1.29 is 18.3 Å². The number of H-pyrrole nitrogens is 1. The van der Waals surface area contributed by atoms with Crippen LogP contribution in [0, 0.1) is 6.92 Å². The lowest BCUT2D eigenvalue weighted by Gasteiger charge is -2.12. The third-order valence-corrected chi connectivity index (χ3v) is 4.72. The Kier molecular flexibility index (Phi) is 4.13. The summed E-state index contributed by atoms with van der Waals surface area (Å²) in [6, 6.07) is 2.57. The normalized spacial score (nSPS) is 11.4. The molecule has 0 atom stereocenters. The summed E-state index contributed by atoms with van der Waals surface area (Å²) >= 11 is 11.7. The zero-order chi connectivity index (χ0) is 15.8. The Morgan fingerprint density at radius 1 is 1.33 bits per heavy atom. The van der Waals surface area contributed by atoms with Gasteiger partial charge in [-0.05, 0) is 19.1 Å². The number of hydrogen-bond acceptors (Lipinski definition) is 4. The van der Waals surface area contributed by atoms with Crippen LogP contribution in [0.3, 0.4) is 0 Å². The lowest BCUT2D eigenvalue weighted by molar-refractivity contribution is 0.0698. The minimum absolute atomic E-state index is 0.0819. The largest absolute Gasteiger partial charge is 0.478 e. The van der Waals surface area contributed by atoms with Crippen LogP contribution in [0.2, 0.25) is 10.0 Å². The molecule has 0 bridgehead atoms. The number of carboxylic acids is 1. The molecule has 1 aromatic carbocycles. The monoisotopic (exact) mass is 349 g/mol. The summed E-state index contributed by atoms with van der Waals surface area (Å²) in [5.41, 5.74) is -0.413. The molecule has 0 saturated heterocycles. The van der Waals surface area contributed by atoms with Crippen LogP contribution in [-0.2, 0) is 10.0 Å². The fourth-order valence-electron chi connectivity index (χ4n) is 1.66. The number of aromatic amines is 1. The maximum Gasteiger partial charge on any atom is 0.339 e. The van der Waals surface area contributed by atoms with E-state index in [1.54, 1.807) is 0 Å². The van der Waals surface area contributed by atoms with E-state index in [1.165, 1.54) is 19.1 Å². The van der Waals surface area contributed by atoms with E-state index < -0.39 is 21.6 Å². The first-order chi connectivity index (χ1) is 9.74. The standard InChI is InChI=1S/C11H9Cl2N3O4S/c1-5-8(4-14-15-5)21(19,20)16-10-7(13)3-2-6(12)9(10)11(17)18/h2-4,16H,1H3,(H,14,15)(H,17,18). The summed E-state index contributed by atoms with van der Waals surface area (Å²) in [5, 5.41) is 15.0. The molecule has 0 unspecified atom stereocenters. The predicted molar refractivity (Wildman–Crippen MR) is 77.6 cm³/mol. The number of hydrogen-bond donors (Lipinski definition) is 3. The number of carboxylic acid groups (broad SMARTS) is 1. The number of nitrogens with one attached hydrogen (secondary N) is 2. The lowest BCUT2D eigenvalue weighted by Crippen LogP contribution is -2.16. The quantitative estimate of drug-likeness (QED) is 0.784. The van der Waals surface area contributed by atoms with Crippen LogP contribution >= 0.6 is 23.2 Å². The van der Waals surface area contributed by atoms with E-state index >= 15 is 0 Å². The molecule has 7 nitrogen and oxygen atoms in total. The molecular weight excluding hydrogens is 341 g/mol. The van der Waals surface area contributed by atoms with Crippen LogP contribution in [0.1, 0.15) is 16.1 Å². The van der Waals surface area contributed by atoms with Crippen molar-refractivity contribution >= 4 is 44.9 Å². The third kappa shape index (κ3) is 2.97. The molecule has 2 rings (SSSR count). The number of aromatic carboxylic acids is 1. The van der Waals surface area contributed by atoms with Gasteiger partial charge in [-0.25, -0.2) is 13.2 Å². The Labute approximate surface area is 129 Å². The summed E-state index contributed by atoms with van der Waals surface area (Å²) in [6.45, 7) is 1.51. The molecule has 3 N–H and O–H groups in total. The van der Waals surface area contributed by atoms with E-state index in [4.69, 9.17) is 28.3 Å². The van der Waals surface area contributed by atoms with Crippen LogP contribution in [0.5, 0.6) is 0 Å². The number of anilines is 1. The number of halogens is 2. The zero-order valence-electron chi connectivity index (χ0n) is 10.5. The third-order valence-electron chi connectivity index (χ3n) is 2.63. The number of carbonyl (C=O) groups is 1. The molecule has 0 aliphatic carbocycles. The SMILES string of the molecule is Cc1[nH]ncc1S(=O)(=O)Nc1c(Cl)ccc(Cl)c1C(=O)O. The molecule has 0 saturated carbocycles. The first-order valence-electron chi connectivity index (χ1n) is 5.48. The van der Waals surface area contributed by atoms with E-state index in [-0.39, 0.29) is 20.6 Å². The number of aromatic nitrogens is 2. The topological polar surface area (TPSA) is 112 Å². The van der Waals surface area contributed by atoms with Gasteiger partial charge in [0.2, 0.25) is 0 Å². The number of aryl methyl sites for hydroxylation is 1. The number of rotatable bonds is 4. The molecule has 0 aliphatic rings. The highest BCUT2D eigenvalue weighted by atomic mass is 35.5. The van der Waals surface area contributed by atoms with Crippen molar-refractivity contribution in [1.29, 1.82) is 0 Å². The van der Waals surface area contributed by atoms with Gasteiger partial charge in [-0.2, -0.15) is 5.10 Å². The molecular formula is C11H9Cl2N3O4S. The fraction of sp³-hybridized carbons (Fsp3) is 0.0909. The van der Waals surface area contributed by atoms with Crippen molar-refractivity contribution in [3.8, 4) is 0 Å². The molecule has 1 aromatic heterocycles. The average molecular weight is 350 g/mol. The predicted octanol–water partition coefficient (Wildman–Crippen LogP) is 2.52. The van der Waals surface area contributed by atoms with Gasteiger partial charge >= 0.3 is 5.97 Å². The van der Waals surface area contributed by atoms with Gasteiger partial charge in [0.25, 0.3) is 10.0 Å². The van der Waals surface area contributed by atoms with Crippen molar-refractivity contribution in [3.63, 3.8) is 0 Å². The Bertz CT molecular complexity index is 817. The number of sulfonamides is 1. The highest BCUT2D eigenvalue weighted by Gasteiger charge is 2.25. The van der Waals surface area contributed by atoms with E-state index in [0.717, 1.165) is 6.20 Å². The van der Waals surface area contributed by atoms with Crippen LogP contribution in [0.15, 0.2) is 23.2 Å². The Hall–Kier alpha value is -1.77. The molecule has 2 aromatic rings. The van der Waals surface area contributed by atoms with Crippen molar-refractivity contribution in [1.82, 2.24) is 10.2 Å². The highest BCUT2D eigenvalue weighted by Crippen LogP contribution is 2.33. The molecule has 21 heavy (non-hydrogen) atoms. The Balaban J connectivity index is 2.57. The Morgan fingerprint density at radius 2 is 1.95 bits per heavy atom. The van der Waals surface area contributed by atoms with E-state index in [0.29, 0.717) is 5.69 Å². The minimum atomic E-state index is -4.05. The van der Waals surface area contributed by atoms with Gasteiger partial charge in [0.1, 0.15) is 10.5 Å². The van der Waals surface area contributed by atoms with Gasteiger partial charge in [0.05, 0.1) is 27.6 Å². The van der Waals surface area contributed by atoms with Crippen LogP contribution in [-0.4, -0.2) is 29.7 Å². The molecule has 0 spiro atoms. The molecule has 0 aliphatic heterocycles. The summed E-state index contributed by atoms with van der Waals surface area (Å²) in [5.74, 6) is -1.40. The molecule has 112 valence electrons. The number of nitrogens with zero attached hydrogens (tertiary/aromatic N) is 1. The average Bonchev–Trinajstić information content (AvgIpc) is 2.80. The van der Waals surface area contributed by atoms with E-state index in [9.17, 15) is 13.2 Å². The van der Waals surface area contributed by atoms with E-state index in [2.05, 4.69) is 14.9 Å². The van der Waals surface area contributed by atoms with Crippen LogP contribution < -0.4 is 4.72 Å². The van der Waals surface area contributed by atoms with Crippen LogP contribution in [0.25, 0.3) is 0 Å². The molecule has 0 radical (unpaired) electrons. The maximum absolute atomic E-state index is 12.3. The summed E-state index contributed by atoms with van der Waals surface area (Å²) in [4.78, 5) is 11.1. The second kappa shape index (κ2) is 5.55. The second-order valence-electron chi connectivity index (χ2n) is 4.05. The van der Waals surface area contributed by atoms with Crippen molar-refractivity contribution in [2.75, 3.05) is 4.72 Å². The van der Waals surface area contributed by atoms with Gasteiger partial charge < -0.3 is 5.11 Å². The zero-order valence-corrected chi connectivity index (χ0v) is 12.8. The summed E-state index contributed by atoms with van der Waals surface area (Å²) in [6.07, 6.45) is 1.11. The smallest absolute Gasteiger partial charge is 0.339 e. The van der Waals surface area contributed by atoms with E-state index in [1.807, 2.05) is 0 Å². The molecule has 0 amide bonds. The molecule has 0 fully saturated rings. The van der Waals surface area contributed by atoms with Gasteiger partial charge in [0.15, 0.2) is 0 Å². The first kappa shape index (κ1) is 15.6. The fourth-order valence-corrected chi connectivity index (χ4v) is 3.39. The number of benzene rings is 1. The second-order valence-corrected chi connectivity index (χ2v) is 6.51. The maximum atomic E-state index is 12.3.